The van der Waals surface area contributed by atoms with Crippen molar-refractivity contribution in [1.82, 2.24) is 4.98 Å². The molecule has 0 aromatic carbocycles. The van der Waals surface area contributed by atoms with E-state index in [2.05, 4.69) is 14.5 Å². The van der Waals surface area contributed by atoms with E-state index in [1.54, 1.807) is 0 Å². The average molecular weight is 429 g/mol. The molecular weight excluding hydrogens is 423 g/mol. The van der Waals surface area contributed by atoms with E-state index in [1.165, 1.54) is 6.92 Å². The van der Waals surface area contributed by atoms with Crippen LogP contribution in [0.2, 0.25) is 0 Å². The molecule has 0 aliphatic rings. The third-order valence-corrected chi connectivity index (χ3v) is 3.04. The first-order chi connectivity index (χ1) is 9.47. The number of carbonyl (C=O) groups excluding carboxylic acids is 1. The predicted molar refractivity (Wildman–Crippen MR) is 64.6 cm³/mol. The van der Waals surface area contributed by atoms with Gasteiger partial charge in [-0.1, -0.05) is 0 Å². The summed E-state index contributed by atoms with van der Waals surface area (Å²) in [7, 11) is 0. The van der Waals surface area contributed by atoms with Crippen LogP contribution >= 0.6 is 22.6 Å². The molecule has 11 heteroatoms. The Balaban J connectivity index is 3.46. The number of rotatable bonds is 3. The van der Waals surface area contributed by atoms with Crippen molar-refractivity contribution >= 4 is 28.6 Å². The van der Waals surface area contributed by atoms with Gasteiger partial charge in [-0.15, -0.1) is 13.2 Å². The van der Waals surface area contributed by atoms with Crippen molar-refractivity contribution in [3.8, 4) is 5.75 Å². The summed E-state index contributed by atoms with van der Waals surface area (Å²) in [6.45, 7) is 1.18. The van der Waals surface area contributed by atoms with Crippen molar-refractivity contribution in [2.45, 2.75) is 19.5 Å². The lowest BCUT2D eigenvalue weighted by Gasteiger charge is -2.16. The van der Waals surface area contributed by atoms with E-state index in [9.17, 15) is 31.1 Å². The minimum atomic E-state index is -5.28. The lowest BCUT2D eigenvalue weighted by atomic mass is 10.2. The molecule has 0 fully saturated rings. The molecule has 0 saturated heterocycles. The van der Waals surface area contributed by atoms with Crippen molar-refractivity contribution in [3.05, 3.63) is 21.0 Å². The molecule has 1 rings (SSSR count). The fourth-order valence-corrected chi connectivity index (χ4v) is 2.03. The molecule has 0 spiro atoms. The van der Waals surface area contributed by atoms with Crippen LogP contribution in [-0.4, -0.2) is 23.9 Å². The molecule has 21 heavy (non-hydrogen) atoms. The zero-order valence-electron chi connectivity index (χ0n) is 10.1. The molecule has 1 aromatic heterocycles. The van der Waals surface area contributed by atoms with Crippen LogP contribution in [-0.2, 0) is 10.9 Å². The smallest absolute Gasteiger partial charge is 0.461 e. The topological polar surface area (TPSA) is 48.4 Å². The maximum Gasteiger partial charge on any atom is 0.573 e. The third kappa shape index (κ3) is 4.61. The van der Waals surface area contributed by atoms with Gasteiger partial charge in [-0.2, -0.15) is 13.2 Å². The lowest BCUT2D eigenvalue weighted by molar-refractivity contribution is -0.275. The van der Waals surface area contributed by atoms with Gasteiger partial charge in [0.2, 0.25) is 0 Å². The van der Waals surface area contributed by atoms with E-state index in [0.717, 1.165) is 22.6 Å². The summed E-state index contributed by atoms with van der Waals surface area (Å²) in [5, 5.41) is 0. The molecule has 118 valence electrons. The molecule has 0 amide bonds. The zero-order chi connectivity index (χ0) is 16.4. The van der Waals surface area contributed by atoms with Crippen LogP contribution in [0.3, 0.4) is 0 Å². The van der Waals surface area contributed by atoms with Crippen molar-refractivity contribution < 1.29 is 40.6 Å². The fraction of sp³-hybridized carbons (Fsp3) is 0.400. The summed E-state index contributed by atoms with van der Waals surface area (Å²) < 4.78 is 81.8. The standard InChI is InChI=1S/C10H6F6INO3/c1-2-20-8(19)6-7(21-10(14,15)16)5(17)4(3-18-6)9(11,12)13/h3H,2H2,1H3. The second kappa shape index (κ2) is 6.23. The second-order valence-electron chi connectivity index (χ2n) is 3.43. The van der Waals surface area contributed by atoms with Crippen LogP contribution in [0, 0.1) is 3.57 Å². The van der Waals surface area contributed by atoms with E-state index in [-0.39, 0.29) is 12.8 Å². The van der Waals surface area contributed by atoms with Crippen LogP contribution in [0.4, 0.5) is 26.3 Å². The quantitative estimate of drug-likeness (QED) is 0.417. The summed E-state index contributed by atoms with van der Waals surface area (Å²) >= 11 is 1.00. The molecule has 1 aromatic rings. The molecular formula is C10H6F6INO3. The third-order valence-electron chi connectivity index (χ3n) is 1.97. The number of halogens is 7. The van der Waals surface area contributed by atoms with Gasteiger partial charge in [0.25, 0.3) is 0 Å². The molecule has 1 heterocycles. The number of hydrogen-bond donors (Lipinski definition) is 0. The summed E-state index contributed by atoms with van der Waals surface area (Å²) in [6, 6.07) is 0. The number of ether oxygens (including phenoxy) is 2. The summed E-state index contributed by atoms with van der Waals surface area (Å²) in [6.07, 6.45) is -9.98. The van der Waals surface area contributed by atoms with Crippen LogP contribution in [0.1, 0.15) is 23.0 Å². The molecule has 0 N–H and O–H groups in total. The van der Waals surface area contributed by atoms with E-state index in [4.69, 9.17) is 0 Å². The highest BCUT2D eigenvalue weighted by atomic mass is 127. The first kappa shape index (κ1) is 17.8. The van der Waals surface area contributed by atoms with Crippen molar-refractivity contribution in [2.24, 2.45) is 0 Å². The molecule has 0 saturated carbocycles. The highest BCUT2D eigenvalue weighted by Gasteiger charge is 2.40. The first-order valence-electron chi connectivity index (χ1n) is 5.16. The second-order valence-corrected chi connectivity index (χ2v) is 4.51. The molecule has 0 unspecified atom stereocenters. The van der Waals surface area contributed by atoms with E-state index in [0.29, 0.717) is 0 Å². The van der Waals surface area contributed by atoms with Gasteiger partial charge in [0.1, 0.15) is 0 Å². The summed E-state index contributed by atoms with van der Waals surface area (Å²) in [5.41, 5.74) is -2.43. The van der Waals surface area contributed by atoms with Gasteiger partial charge >= 0.3 is 18.5 Å². The Kier molecular flexibility index (Phi) is 5.28. The Hall–Kier alpha value is -1.27. The van der Waals surface area contributed by atoms with Crippen LogP contribution in [0.25, 0.3) is 0 Å². The molecule has 0 aliphatic heterocycles. The number of alkyl halides is 6. The van der Waals surface area contributed by atoms with Gasteiger partial charge in [0.15, 0.2) is 11.4 Å². The Labute approximate surface area is 127 Å². The van der Waals surface area contributed by atoms with Crippen molar-refractivity contribution in [3.63, 3.8) is 0 Å². The van der Waals surface area contributed by atoms with Crippen LogP contribution in [0.5, 0.6) is 5.75 Å². The van der Waals surface area contributed by atoms with Gasteiger partial charge in [-0.05, 0) is 29.5 Å². The Morgan fingerprint density at radius 1 is 1.29 bits per heavy atom. The SMILES string of the molecule is CCOC(=O)c1ncc(C(F)(F)F)c(I)c1OC(F)(F)F. The maximum absolute atomic E-state index is 12.6. The van der Waals surface area contributed by atoms with Gasteiger partial charge in [0, 0.05) is 6.20 Å². The van der Waals surface area contributed by atoms with Gasteiger partial charge < -0.3 is 9.47 Å². The Morgan fingerprint density at radius 2 is 1.86 bits per heavy atom. The zero-order valence-corrected chi connectivity index (χ0v) is 12.3. The molecule has 0 atom stereocenters. The maximum atomic E-state index is 12.6. The highest BCUT2D eigenvalue weighted by molar-refractivity contribution is 14.1. The normalized spacial score (nSPS) is 12.2. The Morgan fingerprint density at radius 3 is 2.29 bits per heavy atom. The highest BCUT2D eigenvalue weighted by Crippen LogP contribution is 2.39. The number of nitrogens with zero attached hydrogens (tertiary/aromatic N) is 1. The van der Waals surface area contributed by atoms with Crippen LogP contribution in [0.15, 0.2) is 6.20 Å². The monoisotopic (exact) mass is 429 g/mol. The molecule has 0 aliphatic carbocycles. The van der Waals surface area contributed by atoms with Crippen molar-refractivity contribution in [1.29, 1.82) is 0 Å². The number of hydrogen-bond acceptors (Lipinski definition) is 4. The van der Waals surface area contributed by atoms with Gasteiger partial charge in [-0.25, -0.2) is 9.78 Å². The van der Waals surface area contributed by atoms with Crippen molar-refractivity contribution in [2.75, 3.05) is 6.61 Å². The average Bonchev–Trinajstić information content (AvgIpc) is 2.28. The number of pyridine rings is 1. The van der Waals surface area contributed by atoms with Gasteiger partial charge in [0.05, 0.1) is 15.7 Å². The van der Waals surface area contributed by atoms with E-state index in [1.807, 2.05) is 0 Å². The van der Waals surface area contributed by atoms with Crippen LogP contribution < -0.4 is 4.74 Å². The number of aromatic nitrogens is 1. The summed E-state index contributed by atoms with van der Waals surface area (Å²) in [5.74, 6) is -2.65. The van der Waals surface area contributed by atoms with E-state index < -0.39 is 39.1 Å². The predicted octanol–water partition coefficient (Wildman–Crippen LogP) is 3.78. The minimum Gasteiger partial charge on any atom is -0.461 e. The van der Waals surface area contributed by atoms with Gasteiger partial charge in [-0.3, -0.25) is 0 Å². The molecule has 4 nitrogen and oxygen atoms in total. The summed E-state index contributed by atoms with van der Waals surface area (Å²) in [4.78, 5) is 14.5. The minimum absolute atomic E-state index is 0.191. The fourth-order valence-electron chi connectivity index (χ4n) is 1.22. The number of carbonyl (C=O) groups is 1. The Bertz CT molecular complexity index is 543. The largest absolute Gasteiger partial charge is 0.573 e. The first-order valence-corrected chi connectivity index (χ1v) is 6.23. The number of esters is 1. The van der Waals surface area contributed by atoms with E-state index >= 15 is 0 Å². The lowest BCUT2D eigenvalue weighted by Crippen LogP contribution is -2.23. The molecule has 0 radical (unpaired) electrons. The molecule has 0 bridgehead atoms.